The van der Waals surface area contributed by atoms with Crippen LogP contribution in [0.2, 0.25) is 0 Å². The van der Waals surface area contributed by atoms with Crippen LogP contribution in [0.5, 0.6) is 17.2 Å². The summed E-state index contributed by atoms with van der Waals surface area (Å²) in [6.45, 7) is 0. The second kappa shape index (κ2) is 9.83. The number of benzene rings is 3. The molecule has 0 aliphatic rings. The Morgan fingerprint density at radius 2 is 1.39 bits per heavy atom. The molecule has 0 aliphatic heterocycles. The molecule has 0 amide bonds. The molecule has 184 valence electrons. The molecule has 0 aliphatic carbocycles. The van der Waals surface area contributed by atoms with Gasteiger partial charge in [0.2, 0.25) is 5.75 Å². The van der Waals surface area contributed by atoms with Gasteiger partial charge in [0.25, 0.3) is 5.56 Å². The highest BCUT2D eigenvalue weighted by molar-refractivity contribution is 6.07. The first-order chi connectivity index (χ1) is 17.4. The molecule has 0 atom stereocenters. The Hall–Kier alpha value is -4.79. The van der Waals surface area contributed by atoms with E-state index in [2.05, 4.69) is 0 Å². The lowest BCUT2D eigenvalue weighted by atomic mass is 9.95. The number of hydrogen-bond donors (Lipinski definition) is 1. The van der Waals surface area contributed by atoms with Crippen molar-refractivity contribution in [3.05, 3.63) is 82.3 Å². The topological polar surface area (TPSA) is 113 Å². The van der Waals surface area contributed by atoms with Gasteiger partial charge in [0.1, 0.15) is 5.69 Å². The number of carbonyl (C=O) groups excluding carboxylic acids is 1. The normalized spacial score (nSPS) is 10.7. The van der Waals surface area contributed by atoms with E-state index in [0.29, 0.717) is 44.8 Å². The lowest BCUT2D eigenvalue weighted by Gasteiger charge is -2.20. The molecule has 36 heavy (non-hydrogen) atoms. The molecule has 4 rings (SSSR count). The first-order valence-corrected chi connectivity index (χ1v) is 10.8. The summed E-state index contributed by atoms with van der Waals surface area (Å²) < 4.78 is 22.8. The van der Waals surface area contributed by atoms with Gasteiger partial charge in [-0.15, -0.1) is 0 Å². The maximum Gasteiger partial charge on any atom is 0.355 e. The highest BCUT2D eigenvalue weighted by Gasteiger charge is 2.27. The van der Waals surface area contributed by atoms with Crippen LogP contribution in [0.1, 0.15) is 20.8 Å². The Kier molecular flexibility index (Phi) is 6.64. The zero-order valence-corrected chi connectivity index (χ0v) is 20.0. The van der Waals surface area contributed by atoms with E-state index < -0.39 is 17.5 Å². The number of aromatic nitrogens is 1. The van der Waals surface area contributed by atoms with Gasteiger partial charge in [0, 0.05) is 16.6 Å². The van der Waals surface area contributed by atoms with Crippen LogP contribution in [0, 0.1) is 0 Å². The van der Waals surface area contributed by atoms with Gasteiger partial charge in [-0.05, 0) is 53.4 Å². The quantitative estimate of drug-likeness (QED) is 0.385. The summed E-state index contributed by atoms with van der Waals surface area (Å²) in [7, 11) is 5.66. The van der Waals surface area contributed by atoms with Crippen molar-refractivity contribution in [2.24, 2.45) is 0 Å². The number of methoxy groups -OCH3 is 4. The van der Waals surface area contributed by atoms with Gasteiger partial charge in [-0.3, -0.25) is 9.36 Å². The third-order valence-electron chi connectivity index (χ3n) is 5.79. The standard InChI is InChI=1S/C27H23NO8/c1-33-20-13-16(14-21(34-2)24(20)35-3)22-18-7-5-6-8-19(18)25(29)28(23(22)27(32)36-4)17-11-9-15(10-12-17)26(30)31/h5-14H,1-4H3,(H,30,31). The lowest BCUT2D eigenvalue weighted by molar-refractivity contribution is 0.0590. The van der Waals surface area contributed by atoms with E-state index in [1.807, 2.05) is 0 Å². The highest BCUT2D eigenvalue weighted by Crippen LogP contribution is 2.43. The van der Waals surface area contributed by atoms with Crippen LogP contribution in [0.15, 0.2) is 65.5 Å². The Labute approximate surface area is 206 Å². The van der Waals surface area contributed by atoms with Gasteiger partial charge in [0.05, 0.1) is 34.0 Å². The number of carboxylic acids is 1. The molecule has 1 heterocycles. The van der Waals surface area contributed by atoms with Crippen molar-refractivity contribution in [1.82, 2.24) is 4.57 Å². The van der Waals surface area contributed by atoms with Gasteiger partial charge in [-0.2, -0.15) is 0 Å². The lowest BCUT2D eigenvalue weighted by Crippen LogP contribution is -2.27. The number of esters is 1. The van der Waals surface area contributed by atoms with Crippen molar-refractivity contribution in [2.45, 2.75) is 0 Å². The van der Waals surface area contributed by atoms with E-state index in [9.17, 15) is 19.5 Å². The maximum atomic E-state index is 13.7. The van der Waals surface area contributed by atoms with Crippen LogP contribution < -0.4 is 19.8 Å². The van der Waals surface area contributed by atoms with Crippen molar-refractivity contribution >= 4 is 22.7 Å². The number of hydrogen-bond acceptors (Lipinski definition) is 7. The summed E-state index contributed by atoms with van der Waals surface area (Å²) in [5.74, 6) is -0.793. The third kappa shape index (κ3) is 4.00. The second-order valence-corrected chi connectivity index (χ2v) is 7.67. The van der Waals surface area contributed by atoms with Crippen molar-refractivity contribution in [3.63, 3.8) is 0 Å². The number of rotatable bonds is 7. The second-order valence-electron chi connectivity index (χ2n) is 7.67. The summed E-state index contributed by atoms with van der Waals surface area (Å²) in [6.07, 6.45) is 0. The summed E-state index contributed by atoms with van der Waals surface area (Å²) in [5, 5.41) is 10.1. The molecule has 0 fully saturated rings. The molecule has 1 aromatic heterocycles. The summed E-state index contributed by atoms with van der Waals surface area (Å²) in [6, 6.07) is 15.9. The van der Waals surface area contributed by atoms with Gasteiger partial charge in [-0.25, -0.2) is 9.59 Å². The van der Waals surface area contributed by atoms with Crippen LogP contribution in [0.25, 0.3) is 27.6 Å². The summed E-state index contributed by atoms with van der Waals surface area (Å²) >= 11 is 0. The van der Waals surface area contributed by atoms with Gasteiger partial charge < -0.3 is 24.1 Å². The minimum absolute atomic E-state index is 0.0389. The van der Waals surface area contributed by atoms with Crippen LogP contribution in [0.3, 0.4) is 0 Å². The number of ether oxygens (including phenoxy) is 4. The Morgan fingerprint density at radius 3 is 1.89 bits per heavy atom. The minimum atomic E-state index is -1.11. The van der Waals surface area contributed by atoms with E-state index in [4.69, 9.17) is 18.9 Å². The van der Waals surface area contributed by atoms with E-state index in [1.54, 1.807) is 36.4 Å². The van der Waals surface area contributed by atoms with E-state index in [0.717, 1.165) is 0 Å². The number of nitrogens with zero attached hydrogens (tertiary/aromatic N) is 1. The number of carbonyl (C=O) groups is 2. The molecule has 0 spiro atoms. The predicted molar refractivity (Wildman–Crippen MR) is 133 cm³/mol. The van der Waals surface area contributed by atoms with Crippen molar-refractivity contribution < 1.29 is 33.6 Å². The fourth-order valence-electron chi connectivity index (χ4n) is 4.16. The molecule has 0 unspecified atom stereocenters. The van der Waals surface area contributed by atoms with Crippen molar-refractivity contribution in [2.75, 3.05) is 28.4 Å². The number of pyridine rings is 1. The van der Waals surface area contributed by atoms with Gasteiger partial charge in [-0.1, -0.05) is 18.2 Å². The number of aromatic carboxylic acids is 1. The van der Waals surface area contributed by atoms with E-state index >= 15 is 0 Å². The molecule has 0 radical (unpaired) electrons. The fraction of sp³-hybridized carbons (Fsp3) is 0.148. The molecule has 1 N–H and O–H groups in total. The summed E-state index contributed by atoms with van der Waals surface area (Å²) in [5.41, 5.74) is 0.737. The monoisotopic (exact) mass is 489 g/mol. The molecular weight excluding hydrogens is 466 g/mol. The van der Waals surface area contributed by atoms with E-state index in [-0.39, 0.29) is 11.3 Å². The molecular formula is C27H23NO8. The van der Waals surface area contributed by atoms with Crippen LogP contribution in [-0.4, -0.2) is 50.1 Å². The SMILES string of the molecule is COC(=O)c1c(-c2cc(OC)c(OC)c(OC)c2)c2ccccc2c(=O)n1-c1ccc(C(=O)O)cc1. The minimum Gasteiger partial charge on any atom is -0.493 e. The van der Waals surface area contributed by atoms with Gasteiger partial charge in [0.15, 0.2) is 11.5 Å². The van der Waals surface area contributed by atoms with Crippen LogP contribution in [-0.2, 0) is 4.74 Å². The van der Waals surface area contributed by atoms with Crippen LogP contribution >= 0.6 is 0 Å². The molecule has 0 saturated heterocycles. The number of carboxylic acid groups (broad SMARTS) is 1. The van der Waals surface area contributed by atoms with Crippen LogP contribution in [0.4, 0.5) is 0 Å². The van der Waals surface area contributed by atoms with Crippen molar-refractivity contribution in [1.29, 1.82) is 0 Å². The Balaban J connectivity index is 2.19. The van der Waals surface area contributed by atoms with Crippen molar-refractivity contribution in [3.8, 4) is 34.1 Å². The summed E-state index contributed by atoms with van der Waals surface area (Å²) in [4.78, 5) is 38.3. The molecule has 3 aromatic carbocycles. The zero-order valence-electron chi connectivity index (χ0n) is 20.0. The average Bonchev–Trinajstić information content (AvgIpc) is 2.91. The first-order valence-electron chi connectivity index (χ1n) is 10.8. The molecule has 9 nitrogen and oxygen atoms in total. The number of fused-ring (bicyclic) bond motifs is 1. The fourth-order valence-corrected chi connectivity index (χ4v) is 4.16. The van der Waals surface area contributed by atoms with E-state index in [1.165, 1.54) is 57.3 Å². The molecule has 0 saturated carbocycles. The Bertz CT molecular complexity index is 1510. The molecule has 9 heteroatoms. The maximum absolute atomic E-state index is 13.7. The molecule has 4 aromatic rings. The average molecular weight is 489 g/mol. The predicted octanol–water partition coefficient (Wildman–Crippen LogP) is 4.17. The van der Waals surface area contributed by atoms with Gasteiger partial charge >= 0.3 is 11.9 Å². The largest absolute Gasteiger partial charge is 0.493 e. The smallest absolute Gasteiger partial charge is 0.355 e. The zero-order chi connectivity index (χ0) is 26.0. The molecule has 0 bridgehead atoms. The third-order valence-corrected chi connectivity index (χ3v) is 5.79. The first kappa shape index (κ1) is 24.3. The Morgan fingerprint density at radius 1 is 0.806 bits per heavy atom. The highest BCUT2D eigenvalue weighted by atomic mass is 16.5.